The van der Waals surface area contributed by atoms with E-state index < -0.39 is 54.5 Å². The lowest BCUT2D eigenvalue weighted by Crippen LogP contribution is -2.44. The number of nitrogens with zero attached hydrogens (tertiary/aromatic N) is 2. The Morgan fingerprint density at radius 3 is 1.95 bits per heavy atom. The van der Waals surface area contributed by atoms with Gasteiger partial charge in [0.25, 0.3) is 5.91 Å². The van der Waals surface area contributed by atoms with Gasteiger partial charge in [0.1, 0.15) is 18.5 Å². The summed E-state index contributed by atoms with van der Waals surface area (Å²) in [5.74, 6) is -6.57. The molecule has 0 saturated carbocycles. The Bertz CT molecular complexity index is 1630. The predicted octanol–water partition coefficient (Wildman–Crippen LogP) is 4.11. The van der Waals surface area contributed by atoms with Crippen molar-refractivity contribution in [3.05, 3.63) is 130 Å². The van der Waals surface area contributed by atoms with Crippen LogP contribution in [0.4, 0.5) is 14.6 Å². The maximum absolute atomic E-state index is 15.8. The standard InChI is InChI=1S/C30H23F2N3O7/c31-30(32)24(42-27(38)21-14-8-3-9-15-21)22(18-40-26(37)20-12-6-2-7-13-20)41-28(30)35-17-16-23(34-29(35)39)33-25(36)19-10-4-1-5-11-19/h1-17,22,24,28H,18H2,(H,33,34,36,39). The topological polar surface area (TPSA) is 126 Å². The van der Waals surface area contributed by atoms with Crippen LogP contribution in [0.1, 0.15) is 37.3 Å². The molecule has 3 aromatic carbocycles. The Morgan fingerprint density at radius 2 is 1.38 bits per heavy atom. The second-order valence-electron chi connectivity index (χ2n) is 9.18. The number of aromatic nitrogens is 2. The van der Waals surface area contributed by atoms with Crippen molar-refractivity contribution < 1.29 is 37.4 Å². The summed E-state index contributed by atoms with van der Waals surface area (Å²) in [6, 6.07) is 24.6. The molecule has 0 radical (unpaired) electrons. The third kappa shape index (κ3) is 6.08. The van der Waals surface area contributed by atoms with Gasteiger partial charge in [-0.25, -0.2) is 14.4 Å². The number of halogens is 2. The molecule has 1 aliphatic rings. The summed E-state index contributed by atoms with van der Waals surface area (Å²) in [6.45, 7) is -0.708. The first-order valence-corrected chi connectivity index (χ1v) is 12.7. The lowest BCUT2D eigenvalue weighted by atomic mass is 10.1. The van der Waals surface area contributed by atoms with Crippen LogP contribution in [0.2, 0.25) is 0 Å². The molecule has 1 fully saturated rings. The number of anilines is 1. The molecule has 1 amide bonds. The second kappa shape index (κ2) is 12.1. The van der Waals surface area contributed by atoms with E-state index in [2.05, 4.69) is 10.3 Å². The van der Waals surface area contributed by atoms with Crippen LogP contribution in [-0.2, 0) is 14.2 Å². The second-order valence-corrected chi connectivity index (χ2v) is 9.18. The number of amides is 1. The highest BCUT2D eigenvalue weighted by Gasteiger charge is 2.63. The van der Waals surface area contributed by atoms with Crippen LogP contribution in [0.25, 0.3) is 0 Å². The van der Waals surface area contributed by atoms with Gasteiger partial charge in [-0.2, -0.15) is 13.8 Å². The summed E-state index contributed by atoms with van der Waals surface area (Å²) in [5.41, 5.74) is -0.690. The van der Waals surface area contributed by atoms with Crippen LogP contribution in [0.5, 0.6) is 0 Å². The molecule has 10 nitrogen and oxygen atoms in total. The highest BCUT2D eigenvalue weighted by Crippen LogP contribution is 2.44. The zero-order chi connectivity index (χ0) is 29.7. The van der Waals surface area contributed by atoms with E-state index in [4.69, 9.17) is 14.2 Å². The normalized spacial score (nSPS) is 19.0. The van der Waals surface area contributed by atoms with Gasteiger partial charge in [0.15, 0.2) is 6.10 Å². The van der Waals surface area contributed by atoms with Crippen LogP contribution in [-0.4, -0.2) is 52.1 Å². The quantitative estimate of drug-likeness (QED) is 0.311. The first-order chi connectivity index (χ1) is 20.2. The lowest BCUT2D eigenvalue weighted by molar-refractivity contribution is -0.142. The molecule has 0 bridgehead atoms. The van der Waals surface area contributed by atoms with Gasteiger partial charge in [-0.05, 0) is 42.5 Å². The van der Waals surface area contributed by atoms with Crippen molar-refractivity contribution in [2.45, 2.75) is 24.4 Å². The molecule has 0 spiro atoms. The number of ether oxygens (including phenoxy) is 3. The Balaban J connectivity index is 1.39. The van der Waals surface area contributed by atoms with E-state index in [9.17, 15) is 19.2 Å². The molecule has 1 aromatic heterocycles. The van der Waals surface area contributed by atoms with Gasteiger partial charge in [0.05, 0.1) is 11.1 Å². The number of carbonyl (C=O) groups excluding carboxylic acids is 3. The van der Waals surface area contributed by atoms with E-state index in [0.29, 0.717) is 10.1 Å². The van der Waals surface area contributed by atoms with E-state index in [1.807, 2.05) is 0 Å². The predicted molar refractivity (Wildman–Crippen MR) is 144 cm³/mol. The maximum atomic E-state index is 15.8. The van der Waals surface area contributed by atoms with Crippen LogP contribution >= 0.6 is 0 Å². The summed E-state index contributed by atoms with van der Waals surface area (Å²) in [4.78, 5) is 54.1. The van der Waals surface area contributed by atoms with Crippen molar-refractivity contribution in [1.82, 2.24) is 9.55 Å². The molecule has 4 aromatic rings. The molecule has 214 valence electrons. The smallest absolute Gasteiger partial charge is 0.351 e. The van der Waals surface area contributed by atoms with Crippen LogP contribution in [0, 0.1) is 0 Å². The molecule has 5 rings (SSSR count). The van der Waals surface area contributed by atoms with Gasteiger partial charge in [-0.15, -0.1) is 0 Å². The fourth-order valence-electron chi connectivity index (χ4n) is 4.26. The fraction of sp³-hybridized carbons (Fsp3) is 0.167. The minimum atomic E-state index is -3.96. The molecule has 1 saturated heterocycles. The molecular weight excluding hydrogens is 552 g/mol. The highest BCUT2D eigenvalue weighted by atomic mass is 19.3. The molecular formula is C30H23F2N3O7. The van der Waals surface area contributed by atoms with Gasteiger partial charge < -0.3 is 19.5 Å². The van der Waals surface area contributed by atoms with Crippen molar-refractivity contribution >= 4 is 23.7 Å². The molecule has 12 heteroatoms. The van der Waals surface area contributed by atoms with Gasteiger partial charge in [0, 0.05) is 11.8 Å². The monoisotopic (exact) mass is 575 g/mol. The molecule has 42 heavy (non-hydrogen) atoms. The van der Waals surface area contributed by atoms with Crippen molar-refractivity contribution in [3.8, 4) is 0 Å². The third-order valence-corrected chi connectivity index (χ3v) is 6.34. The lowest BCUT2D eigenvalue weighted by Gasteiger charge is -2.24. The van der Waals surface area contributed by atoms with Crippen molar-refractivity contribution in [2.24, 2.45) is 0 Å². The van der Waals surface area contributed by atoms with E-state index in [0.717, 1.165) is 12.3 Å². The average Bonchev–Trinajstić information content (AvgIpc) is 3.25. The number of hydrogen-bond donors (Lipinski definition) is 1. The minimum Gasteiger partial charge on any atom is -0.459 e. The molecule has 0 aliphatic carbocycles. The van der Waals surface area contributed by atoms with E-state index in [1.54, 1.807) is 54.6 Å². The van der Waals surface area contributed by atoms with Crippen molar-refractivity contribution in [1.29, 1.82) is 0 Å². The summed E-state index contributed by atoms with van der Waals surface area (Å²) in [5, 5.41) is 2.43. The minimum absolute atomic E-state index is 0.00845. The largest absolute Gasteiger partial charge is 0.459 e. The molecule has 1 aliphatic heterocycles. The number of nitrogens with one attached hydrogen (secondary N) is 1. The van der Waals surface area contributed by atoms with E-state index >= 15 is 8.78 Å². The SMILES string of the molecule is O=C(Nc1ccn(C2OC(COC(=O)c3ccccc3)C(OC(=O)c3ccccc3)C2(F)F)c(=O)n1)c1ccccc1. The van der Waals surface area contributed by atoms with E-state index in [-0.39, 0.29) is 16.9 Å². The van der Waals surface area contributed by atoms with Crippen LogP contribution in [0.3, 0.4) is 0 Å². The van der Waals surface area contributed by atoms with E-state index in [1.165, 1.54) is 36.4 Å². The van der Waals surface area contributed by atoms with Gasteiger partial charge in [0.2, 0.25) is 6.23 Å². The number of hydrogen-bond acceptors (Lipinski definition) is 8. The third-order valence-electron chi connectivity index (χ3n) is 6.34. The number of alkyl halides is 2. The van der Waals surface area contributed by atoms with Crippen LogP contribution < -0.4 is 11.0 Å². The zero-order valence-electron chi connectivity index (χ0n) is 21.8. The Kier molecular flexibility index (Phi) is 8.16. The maximum Gasteiger partial charge on any atom is 0.351 e. The first-order valence-electron chi connectivity index (χ1n) is 12.7. The number of carbonyl (C=O) groups is 3. The summed E-state index contributed by atoms with van der Waals surface area (Å²) >= 11 is 0. The first kappa shape index (κ1) is 28.3. The van der Waals surface area contributed by atoms with Crippen LogP contribution in [0.15, 0.2) is 108 Å². The number of rotatable bonds is 8. The van der Waals surface area contributed by atoms with Gasteiger partial charge in [-0.1, -0.05) is 54.6 Å². The number of esters is 2. The highest BCUT2D eigenvalue weighted by molar-refractivity contribution is 6.03. The van der Waals surface area contributed by atoms with Gasteiger partial charge in [-0.3, -0.25) is 9.36 Å². The molecule has 1 N–H and O–H groups in total. The Labute approximate surface area is 237 Å². The zero-order valence-corrected chi connectivity index (χ0v) is 21.8. The summed E-state index contributed by atoms with van der Waals surface area (Å²) in [6.07, 6.45) is -5.17. The summed E-state index contributed by atoms with van der Waals surface area (Å²) in [7, 11) is 0. The van der Waals surface area contributed by atoms with Gasteiger partial charge >= 0.3 is 23.6 Å². The molecule has 2 heterocycles. The Morgan fingerprint density at radius 1 is 0.833 bits per heavy atom. The molecule has 3 unspecified atom stereocenters. The van der Waals surface area contributed by atoms with Crippen molar-refractivity contribution in [3.63, 3.8) is 0 Å². The van der Waals surface area contributed by atoms with Crippen molar-refractivity contribution in [2.75, 3.05) is 11.9 Å². The molecule has 3 atom stereocenters. The Hall–Kier alpha value is -5.23. The fourth-order valence-corrected chi connectivity index (χ4v) is 4.26. The summed E-state index contributed by atoms with van der Waals surface area (Å²) < 4.78 is 48.1. The average molecular weight is 576 g/mol. The number of benzene rings is 3.